The van der Waals surface area contributed by atoms with E-state index < -0.39 is 0 Å². The predicted molar refractivity (Wildman–Crippen MR) is 78.0 cm³/mol. The van der Waals surface area contributed by atoms with Crippen LogP contribution < -0.4 is 5.32 Å². The quantitative estimate of drug-likeness (QED) is 0.882. The number of aromatic nitrogens is 2. The second-order valence-corrected chi connectivity index (χ2v) is 5.53. The van der Waals surface area contributed by atoms with Crippen LogP contribution in [-0.4, -0.2) is 40.0 Å². The monoisotopic (exact) mass is 262 g/mol. The van der Waals surface area contributed by atoms with E-state index in [2.05, 4.69) is 34.0 Å². The minimum absolute atomic E-state index is 0.621. The van der Waals surface area contributed by atoms with Crippen LogP contribution in [0.3, 0.4) is 0 Å². The third-order valence-corrected chi connectivity index (χ3v) is 3.92. The number of aryl methyl sites for hydroxylation is 1. The van der Waals surface area contributed by atoms with E-state index in [0.717, 1.165) is 31.0 Å². The van der Waals surface area contributed by atoms with Crippen molar-refractivity contribution in [2.45, 2.75) is 58.7 Å². The molecule has 2 atom stereocenters. The Morgan fingerprint density at radius 1 is 1.32 bits per heavy atom. The van der Waals surface area contributed by atoms with Crippen molar-refractivity contribution in [3.63, 3.8) is 0 Å². The number of nitrogens with one attached hydrogen (secondary N) is 1. The number of hydrogen-bond acceptors (Lipinski definition) is 4. The fourth-order valence-electron chi connectivity index (χ4n) is 2.78. The Bertz CT molecular complexity index is 376. The summed E-state index contributed by atoms with van der Waals surface area (Å²) >= 11 is 0. The lowest BCUT2D eigenvalue weighted by molar-refractivity contribution is 0.114. The van der Waals surface area contributed by atoms with Gasteiger partial charge in [0.05, 0.1) is 11.4 Å². The molecule has 1 fully saturated rings. The van der Waals surface area contributed by atoms with E-state index in [0.29, 0.717) is 12.1 Å². The SMILES string of the molecule is CCCC1CN(Cc2cnc(C)cn2)C(CC)CN1. The lowest BCUT2D eigenvalue weighted by Crippen LogP contribution is -2.55. The molecule has 2 heterocycles. The van der Waals surface area contributed by atoms with Gasteiger partial charge in [0.1, 0.15) is 0 Å². The van der Waals surface area contributed by atoms with Gasteiger partial charge in [-0.1, -0.05) is 20.3 Å². The molecule has 0 aromatic carbocycles. The maximum atomic E-state index is 4.49. The number of piperazine rings is 1. The Morgan fingerprint density at radius 3 is 2.79 bits per heavy atom. The van der Waals surface area contributed by atoms with Crippen molar-refractivity contribution < 1.29 is 0 Å². The maximum Gasteiger partial charge on any atom is 0.0727 e. The Labute approximate surface area is 116 Å². The Kier molecular flexibility index (Phi) is 5.28. The molecule has 1 aliphatic rings. The van der Waals surface area contributed by atoms with Gasteiger partial charge in [0.25, 0.3) is 0 Å². The van der Waals surface area contributed by atoms with Crippen LogP contribution in [0.4, 0.5) is 0 Å². The zero-order chi connectivity index (χ0) is 13.7. The van der Waals surface area contributed by atoms with Gasteiger partial charge >= 0.3 is 0 Å². The normalized spacial score (nSPS) is 24.6. The fraction of sp³-hybridized carbons (Fsp3) is 0.733. The lowest BCUT2D eigenvalue weighted by atomic mass is 10.0. The molecule has 2 unspecified atom stereocenters. The number of rotatable bonds is 5. The van der Waals surface area contributed by atoms with Crippen molar-refractivity contribution >= 4 is 0 Å². The molecular weight excluding hydrogens is 236 g/mol. The first-order chi connectivity index (χ1) is 9.22. The van der Waals surface area contributed by atoms with E-state index in [4.69, 9.17) is 0 Å². The minimum atomic E-state index is 0.621. The van der Waals surface area contributed by atoms with E-state index in [-0.39, 0.29) is 0 Å². The maximum absolute atomic E-state index is 4.49. The summed E-state index contributed by atoms with van der Waals surface area (Å²) < 4.78 is 0. The van der Waals surface area contributed by atoms with Crippen LogP contribution in [0.1, 0.15) is 44.5 Å². The molecule has 0 spiro atoms. The van der Waals surface area contributed by atoms with Gasteiger partial charge in [0, 0.05) is 44.1 Å². The molecule has 1 N–H and O–H groups in total. The Hall–Kier alpha value is -1.00. The summed E-state index contributed by atoms with van der Waals surface area (Å²) in [4.78, 5) is 11.4. The van der Waals surface area contributed by atoms with E-state index in [1.54, 1.807) is 0 Å². The summed E-state index contributed by atoms with van der Waals surface area (Å²) in [7, 11) is 0. The second kappa shape index (κ2) is 6.96. The highest BCUT2D eigenvalue weighted by molar-refractivity contribution is 5.01. The molecule has 0 amide bonds. The lowest BCUT2D eigenvalue weighted by Gasteiger charge is -2.40. The Morgan fingerprint density at radius 2 is 2.16 bits per heavy atom. The molecule has 1 aliphatic heterocycles. The van der Waals surface area contributed by atoms with E-state index in [9.17, 15) is 0 Å². The van der Waals surface area contributed by atoms with Crippen molar-refractivity contribution in [1.82, 2.24) is 20.2 Å². The largest absolute Gasteiger partial charge is 0.311 e. The molecular formula is C15H26N4. The smallest absolute Gasteiger partial charge is 0.0727 e. The van der Waals surface area contributed by atoms with E-state index in [1.807, 2.05) is 19.3 Å². The van der Waals surface area contributed by atoms with Crippen molar-refractivity contribution in [2.24, 2.45) is 0 Å². The summed E-state index contributed by atoms with van der Waals surface area (Å²) in [6, 6.07) is 1.25. The highest BCUT2D eigenvalue weighted by Crippen LogP contribution is 2.15. The van der Waals surface area contributed by atoms with Crippen molar-refractivity contribution in [3.05, 3.63) is 23.8 Å². The molecule has 1 saturated heterocycles. The summed E-state index contributed by atoms with van der Waals surface area (Å²) in [5.74, 6) is 0. The van der Waals surface area contributed by atoms with Crippen LogP contribution in [0.25, 0.3) is 0 Å². The predicted octanol–water partition coefficient (Wildman–Crippen LogP) is 2.14. The van der Waals surface area contributed by atoms with Crippen LogP contribution >= 0.6 is 0 Å². The van der Waals surface area contributed by atoms with Crippen LogP contribution in [0.5, 0.6) is 0 Å². The van der Waals surface area contributed by atoms with Crippen LogP contribution in [0.15, 0.2) is 12.4 Å². The third-order valence-electron chi connectivity index (χ3n) is 3.92. The second-order valence-electron chi connectivity index (χ2n) is 5.53. The summed E-state index contributed by atoms with van der Waals surface area (Å²) in [6.07, 6.45) is 7.46. The fourth-order valence-corrected chi connectivity index (χ4v) is 2.78. The average Bonchev–Trinajstić information content (AvgIpc) is 2.42. The van der Waals surface area contributed by atoms with Gasteiger partial charge in [-0.25, -0.2) is 0 Å². The molecule has 4 heteroatoms. The molecule has 0 saturated carbocycles. The first-order valence-corrected chi connectivity index (χ1v) is 7.47. The van der Waals surface area contributed by atoms with Gasteiger partial charge in [0.15, 0.2) is 0 Å². The highest BCUT2D eigenvalue weighted by atomic mass is 15.2. The summed E-state index contributed by atoms with van der Waals surface area (Å²) in [5.41, 5.74) is 2.07. The Balaban J connectivity index is 1.99. The molecule has 1 aromatic rings. The van der Waals surface area contributed by atoms with Gasteiger partial charge < -0.3 is 5.32 Å². The zero-order valence-electron chi connectivity index (χ0n) is 12.4. The van der Waals surface area contributed by atoms with Gasteiger partial charge in [-0.2, -0.15) is 0 Å². The van der Waals surface area contributed by atoms with Crippen molar-refractivity contribution in [2.75, 3.05) is 13.1 Å². The van der Waals surface area contributed by atoms with Gasteiger partial charge in [-0.15, -0.1) is 0 Å². The van der Waals surface area contributed by atoms with Gasteiger partial charge in [-0.3, -0.25) is 14.9 Å². The first-order valence-electron chi connectivity index (χ1n) is 7.47. The average molecular weight is 262 g/mol. The summed E-state index contributed by atoms with van der Waals surface area (Å²) in [6.45, 7) is 9.65. The van der Waals surface area contributed by atoms with Crippen LogP contribution in [-0.2, 0) is 6.54 Å². The van der Waals surface area contributed by atoms with Crippen molar-refractivity contribution in [3.8, 4) is 0 Å². The van der Waals surface area contributed by atoms with Gasteiger partial charge in [-0.05, 0) is 19.8 Å². The van der Waals surface area contributed by atoms with E-state index in [1.165, 1.54) is 19.3 Å². The molecule has 0 bridgehead atoms. The molecule has 1 aromatic heterocycles. The number of hydrogen-bond donors (Lipinski definition) is 1. The first kappa shape index (κ1) is 14.4. The van der Waals surface area contributed by atoms with Crippen LogP contribution in [0, 0.1) is 6.92 Å². The highest BCUT2D eigenvalue weighted by Gasteiger charge is 2.26. The standard InChI is InChI=1S/C15H26N4/c1-4-6-13-10-19(15(5-2)9-18-13)11-14-8-16-12(3)7-17-14/h7-8,13,15,18H,4-6,9-11H2,1-3H3. The molecule has 106 valence electrons. The zero-order valence-corrected chi connectivity index (χ0v) is 12.4. The molecule has 4 nitrogen and oxygen atoms in total. The topological polar surface area (TPSA) is 41.1 Å². The third kappa shape index (κ3) is 3.98. The summed E-state index contributed by atoms with van der Waals surface area (Å²) in [5, 5.41) is 3.67. The molecule has 19 heavy (non-hydrogen) atoms. The minimum Gasteiger partial charge on any atom is -0.311 e. The van der Waals surface area contributed by atoms with E-state index >= 15 is 0 Å². The molecule has 2 rings (SSSR count). The molecule has 0 radical (unpaired) electrons. The van der Waals surface area contributed by atoms with Crippen LogP contribution in [0.2, 0.25) is 0 Å². The van der Waals surface area contributed by atoms with Gasteiger partial charge in [0.2, 0.25) is 0 Å². The molecule has 0 aliphatic carbocycles. The number of nitrogens with zero attached hydrogens (tertiary/aromatic N) is 3. The van der Waals surface area contributed by atoms with Crippen molar-refractivity contribution in [1.29, 1.82) is 0 Å².